The van der Waals surface area contributed by atoms with E-state index >= 15 is 0 Å². The topological polar surface area (TPSA) is 103 Å². The van der Waals surface area contributed by atoms with Gasteiger partial charge in [0.05, 0.1) is 25.3 Å². The Balaban J connectivity index is 1.58. The van der Waals surface area contributed by atoms with E-state index in [-0.39, 0.29) is 12.5 Å². The number of ether oxygens (including phenoxy) is 1. The Morgan fingerprint density at radius 2 is 2.14 bits per heavy atom. The van der Waals surface area contributed by atoms with Gasteiger partial charge in [-0.25, -0.2) is 0 Å². The lowest BCUT2D eigenvalue weighted by Gasteiger charge is -2.16. The quantitative estimate of drug-likeness (QED) is 0.389. The molecule has 2 aromatic carbocycles. The second-order valence-electron chi connectivity index (χ2n) is 6.55. The van der Waals surface area contributed by atoms with E-state index < -0.39 is 6.04 Å². The summed E-state index contributed by atoms with van der Waals surface area (Å²) in [6.07, 6.45) is 1.72. The van der Waals surface area contributed by atoms with Crippen molar-refractivity contribution in [3.8, 4) is 17.0 Å². The maximum atomic E-state index is 12.7. The molecular formula is C21H19ClN4O3. The van der Waals surface area contributed by atoms with E-state index in [4.69, 9.17) is 16.3 Å². The molecule has 0 fully saturated rings. The number of nitrogens with zero attached hydrogens (tertiary/aromatic N) is 1. The number of amides is 1. The standard InChI is InChI=1S/C21H19ClN4O3/c1-29-15-5-6-17-16(9-15)20(26-25-17)13-8-18(23-10-13)21(28)24-19(11-27)12-3-2-4-14(22)7-12/h2-10,19,23,27H,11H2,1H3,(H,24,28)(H,25,26)/t19-/m1/s1. The predicted molar refractivity (Wildman–Crippen MR) is 111 cm³/mol. The van der Waals surface area contributed by atoms with Gasteiger partial charge in [0.25, 0.3) is 5.91 Å². The van der Waals surface area contributed by atoms with Gasteiger partial charge in [-0.15, -0.1) is 0 Å². The van der Waals surface area contributed by atoms with Crippen molar-refractivity contribution in [1.82, 2.24) is 20.5 Å². The highest BCUT2D eigenvalue weighted by Gasteiger charge is 2.18. The van der Waals surface area contributed by atoms with Crippen LogP contribution in [0.25, 0.3) is 22.2 Å². The van der Waals surface area contributed by atoms with Crippen molar-refractivity contribution in [3.63, 3.8) is 0 Å². The Morgan fingerprint density at radius 1 is 1.28 bits per heavy atom. The first-order chi connectivity index (χ1) is 14.1. The van der Waals surface area contributed by atoms with E-state index in [0.29, 0.717) is 16.4 Å². The van der Waals surface area contributed by atoms with E-state index in [0.717, 1.165) is 27.8 Å². The van der Waals surface area contributed by atoms with E-state index in [1.807, 2.05) is 18.2 Å². The molecule has 7 nitrogen and oxygen atoms in total. The molecule has 1 atom stereocenters. The van der Waals surface area contributed by atoms with Crippen LogP contribution in [0.2, 0.25) is 5.02 Å². The maximum absolute atomic E-state index is 12.7. The molecule has 0 aliphatic rings. The number of aliphatic hydroxyl groups is 1. The maximum Gasteiger partial charge on any atom is 0.268 e. The van der Waals surface area contributed by atoms with Gasteiger partial charge in [0.15, 0.2) is 0 Å². The highest BCUT2D eigenvalue weighted by molar-refractivity contribution is 6.30. The largest absolute Gasteiger partial charge is 0.497 e. The van der Waals surface area contributed by atoms with E-state index in [2.05, 4.69) is 20.5 Å². The van der Waals surface area contributed by atoms with E-state index in [1.165, 1.54) is 0 Å². The molecule has 0 spiro atoms. The zero-order valence-corrected chi connectivity index (χ0v) is 16.3. The van der Waals surface area contributed by atoms with Crippen molar-refractivity contribution < 1.29 is 14.6 Å². The highest BCUT2D eigenvalue weighted by atomic mass is 35.5. The van der Waals surface area contributed by atoms with Gasteiger partial charge >= 0.3 is 0 Å². The first-order valence-electron chi connectivity index (χ1n) is 8.97. The number of benzene rings is 2. The van der Waals surface area contributed by atoms with E-state index in [1.54, 1.807) is 43.6 Å². The van der Waals surface area contributed by atoms with E-state index in [9.17, 15) is 9.90 Å². The fraction of sp³-hybridized carbons (Fsp3) is 0.143. The van der Waals surface area contributed by atoms with Crippen molar-refractivity contribution in [3.05, 3.63) is 71.0 Å². The van der Waals surface area contributed by atoms with Gasteiger partial charge in [-0.1, -0.05) is 23.7 Å². The summed E-state index contributed by atoms with van der Waals surface area (Å²) in [6.45, 7) is -0.247. The minimum atomic E-state index is -0.566. The third-order valence-electron chi connectivity index (χ3n) is 4.71. The molecule has 148 valence electrons. The number of nitrogens with one attached hydrogen (secondary N) is 3. The van der Waals surface area contributed by atoms with Gasteiger partial charge in [-0.2, -0.15) is 5.10 Å². The lowest BCUT2D eigenvalue weighted by Crippen LogP contribution is -2.31. The molecule has 1 amide bonds. The molecule has 0 saturated carbocycles. The zero-order chi connectivity index (χ0) is 20.4. The highest BCUT2D eigenvalue weighted by Crippen LogP contribution is 2.29. The van der Waals surface area contributed by atoms with Gasteiger partial charge in [0, 0.05) is 22.2 Å². The third-order valence-corrected chi connectivity index (χ3v) is 4.95. The summed E-state index contributed by atoms with van der Waals surface area (Å²) < 4.78 is 5.29. The monoisotopic (exact) mass is 410 g/mol. The molecule has 2 aromatic heterocycles. The zero-order valence-electron chi connectivity index (χ0n) is 15.6. The molecule has 4 aromatic rings. The lowest BCUT2D eigenvalue weighted by molar-refractivity contribution is 0.0912. The average molecular weight is 411 g/mol. The molecular weight excluding hydrogens is 392 g/mol. The molecule has 0 radical (unpaired) electrons. The summed E-state index contributed by atoms with van der Waals surface area (Å²) in [5.74, 6) is 0.383. The van der Waals surface area contributed by atoms with Crippen LogP contribution in [0, 0.1) is 0 Å². The summed E-state index contributed by atoms with van der Waals surface area (Å²) >= 11 is 6.01. The minimum Gasteiger partial charge on any atom is -0.497 e. The Bertz CT molecular complexity index is 1170. The number of aromatic amines is 2. The predicted octanol–water partition coefficient (Wildman–Crippen LogP) is 3.68. The number of aromatic nitrogens is 3. The van der Waals surface area contributed by atoms with Crippen molar-refractivity contribution in [2.75, 3.05) is 13.7 Å². The summed E-state index contributed by atoms with van der Waals surface area (Å²) in [4.78, 5) is 15.7. The molecule has 2 heterocycles. The SMILES string of the molecule is COc1ccc2[nH]nc(-c3c[nH]c(C(=O)N[C@H](CO)c4cccc(Cl)c4)c3)c2c1. The molecule has 0 bridgehead atoms. The normalized spacial score (nSPS) is 12.1. The Kier molecular flexibility index (Phi) is 5.24. The number of H-pyrrole nitrogens is 2. The molecule has 29 heavy (non-hydrogen) atoms. The number of aliphatic hydroxyl groups excluding tert-OH is 1. The number of hydrogen-bond donors (Lipinski definition) is 4. The van der Waals surface area contributed by atoms with Crippen LogP contribution in [0.1, 0.15) is 22.1 Å². The average Bonchev–Trinajstić information content (AvgIpc) is 3.38. The molecule has 8 heteroatoms. The number of rotatable bonds is 6. The van der Waals surface area contributed by atoms with Gasteiger partial charge < -0.3 is 20.1 Å². The fourth-order valence-corrected chi connectivity index (χ4v) is 3.39. The Morgan fingerprint density at radius 3 is 2.90 bits per heavy atom. The summed E-state index contributed by atoms with van der Waals surface area (Å²) in [7, 11) is 1.61. The Hall–Kier alpha value is -3.29. The van der Waals surface area contributed by atoms with Crippen LogP contribution in [0.4, 0.5) is 0 Å². The molecule has 0 saturated heterocycles. The smallest absolute Gasteiger partial charge is 0.268 e. The minimum absolute atomic E-state index is 0.247. The first-order valence-corrected chi connectivity index (χ1v) is 9.35. The van der Waals surface area contributed by atoms with Gasteiger partial charge in [0.1, 0.15) is 17.1 Å². The first kappa shape index (κ1) is 19.0. The molecule has 4 N–H and O–H groups in total. The van der Waals surface area contributed by atoms with Crippen LogP contribution >= 0.6 is 11.6 Å². The van der Waals surface area contributed by atoms with Gasteiger partial charge in [-0.05, 0) is 42.0 Å². The van der Waals surface area contributed by atoms with Crippen molar-refractivity contribution in [2.24, 2.45) is 0 Å². The van der Waals surface area contributed by atoms with Gasteiger partial charge in [0.2, 0.25) is 0 Å². The second-order valence-corrected chi connectivity index (χ2v) is 6.99. The lowest BCUT2D eigenvalue weighted by atomic mass is 10.1. The van der Waals surface area contributed by atoms with Crippen molar-refractivity contribution >= 4 is 28.4 Å². The number of carbonyl (C=O) groups is 1. The summed E-state index contributed by atoms with van der Waals surface area (Å²) in [5.41, 5.74) is 3.43. The van der Waals surface area contributed by atoms with Crippen LogP contribution < -0.4 is 10.1 Å². The summed E-state index contributed by atoms with van der Waals surface area (Å²) in [5, 5.41) is 21.3. The summed E-state index contributed by atoms with van der Waals surface area (Å²) in [6, 6.07) is 13.8. The molecule has 0 aliphatic carbocycles. The van der Waals surface area contributed by atoms with Crippen LogP contribution in [-0.4, -0.2) is 39.9 Å². The van der Waals surface area contributed by atoms with Crippen LogP contribution in [0.15, 0.2) is 54.7 Å². The molecule has 4 rings (SSSR count). The second kappa shape index (κ2) is 7.98. The van der Waals surface area contributed by atoms with Gasteiger partial charge in [-0.3, -0.25) is 9.89 Å². The Labute approximate surface area is 171 Å². The van der Waals surface area contributed by atoms with Crippen molar-refractivity contribution in [2.45, 2.75) is 6.04 Å². The van der Waals surface area contributed by atoms with Crippen molar-refractivity contribution in [1.29, 1.82) is 0 Å². The number of fused-ring (bicyclic) bond motifs is 1. The van der Waals surface area contributed by atoms with Crippen LogP contribution in [-0.2, 0) is 0 Å². The van der Waals surface area contributed by atoms with Crippen LogP contribution in [0.3, 0.4) is 0 Å². The third kappa shape index (κ3) is 3.83. The molecule has 0 aliphatic heterocycles. The number of carbonyl (C=O) groups excluding carboxylic acids is 1. The fourth-order valence-electron chi connectivity index (χ4n) is 3.20. The number of halogens is 1. The number of methoxy groups -OCH3 is 1. The number of hydrogen-bond acceptors (Lipinski definition) is 4. The molecule has 0 unspecified atom stereocenters. The van der Waals surface area contributed by atoms with Crippen LogP contribution in [0.5, 0.6) is 5.75 Å².